The molecule has 1 aliphatic rings. The molecule has 1 aromatic heterocycles. The average Bonchev–Trinajstić information content (AvgIpc) is 3.27. The van der Waals surface area contributed by atoms with Crippen LogP contribution in [-0.2, 0) is 5.88 Å². The minimum Gasteiger partial charge on any atom is -0.353 e. The number of benzene rings is 1. The monoisotopic (exact) mass is 288 g/mol. The molecule has 0 unspecified atom stereocenters. The summed E-state index contributed by atoms with van der Waals surface area (Å²) < 4.78 is 0. The number of pyridine rings is 1. The highest BCUT2D eigenvalue weighted by molar-refractivity contribution is 6.17. The molecule has 0 radical (unpaired) electrons. The van der Waals surface area contributed by atoms with Crippen molar-refractivity contribution >= 4 is 28.3 Å². The van der Waals surface area contributed by atoms with Gasteiger partial charge in [-0.15, -0.1) is 11.6 Å². The van der Waals surface area contributed by atoms with Crippen molar-refractivity contribution in [3.05, 3.63) is 35.9 Å². The number of hydrogen-bond acceptors (Lipinski definition) is 2. The van der Waals surface area contributed by atoms with E-state index in [9.17, 15) is 0 Å². The first-order valence-corrected chi connectivity index (χ1v) is 7.93. The van der Waals surface area contributed by atoms with E-state index in [0.29, 0.717) is 17.8 Å². The third-order valence-electron chi connectivity index (χ3n) is 3.75. The zero-order chi connectivity index (χ0) is 14.1. The second kappa shape index (κ2) is 5.61. The lowest BCUT2D eigenvalue weighted by Gasteiger charge is -2.27. The van der Waals surface area contributed by atoms with E-state index in [1.165, 1.54) is 18.2 Å². The van der Waals surface area contributed by atoms with Crippen LogP contribution in [0.4, 0.5) is 5.82 Å². The van der Waals surface area contributed by atoms with Gasteiger partial charge in [0.05, 0.1) is 11.4 Å². The van der Waals surface area contributed by atoms with Crippen molar-refractivity contribution < 1.29 is 0 Å². The number of fused-ring (bicyclic) bond motifs is 1. The van der Waals surface area contributed by atoms with Crippen LogP contribution in [0.15, 0.2) is 30.3 Å². The Bertz CT molecular complexity index is 605. The third-order valence-corrected chi connectivity index (χ3v) is 4.03. The molecule has 1 saturated carbocycles. The van der Waals surface area contributed by atoms with E-state index in [1.807, 2.05) is 6.07 Å². The summed E-state index contributed by atoms with van der Waals surface area (Å²) in [5, 5.41) is 1.17. The normalized spacial score (nSPS) is 15.0. The van der Waals surface area contributed by atoms with Gasteiger partial charge >= 0.3 is 0 Å². The summed E-state index contributed by atoms with van der Waals surface area (Å²) in [7, 11) is 0. The molecule has 0 spiro atoms. The molecule has 0 amide bonds. The number of alkyl halides is 1. The molecule has 20 heavy (non-hydrogen) atoms. The first kappa shape index (κ1) is 13.7. The Hall–Kier alpha value is -1.28. The average molecular weight is 289 g/mol. The van der Waals surface area contributed by atoms with E-state index in [1.54, 1.807) is 0 Å². The number of para-hydroxylation sites is 1. The summed E-state index contributed by atoms with van der Waals surface area (Å²) in [6.07, 6.45) is 2.56. The van der Waals surface area contributed by atoms with Crippen molar-refractivity contribution in [3.63, 3.8) is 0 Å². The minimum absolute atomic E-state index is 0.522. The molecular formula is C17H21ClN2. The Balaban J connectivity index is 2.07. The maximum absolute atomic E-state index is 6.17. The largest absolute Gasteiger partial charge is 0.353 e. The molecule has 0 atom stereocenters. The Morgan fingerprint density at radius 2 is 2.05 bits per heavy atom. The van der Waals surface area contributed by atoms with Gasteiger partial charge in [-0.3, -0.25) is 0 Å². The molecule has 3 rings (SSSR count). The maximum Gasteiger partial charge on any atom is 0.133 e. The van der Waals surface area contributed by atoms with Crippen LogP contribution in [0.5, 0.6) is 0 Å². The Labute approximate surface area is 125 Å². The fourth-order valence-electron chi connectivity index (χ4n) is 2.68. The highest BCUT2D eigenvalue weighted by atomic mass is 35.5. The molecule has 1 fully saturated rings. The van der Waals surface area contributed by atoms with Gasteiger partial charge in [0.1, 0.15) is 5.82 Å². The van der Waals surface area contributed by atoms with E-state index in [-0.39, 0.29) is 0 Å². The molecule has 2 nitrogen and oxygen atoms in total. The van der Waals surface area contributed by atoms with Crippen LogP contribution in [0, 0.1) is 5.92 Å². The molecule has 1 heterocycles. The first-order chi connectivity index (χ1) is 9.69. The number of halogens is 1. The summed E-state index contributed by atoms with van der Waals surface area (Å²) in [6.45, 7) is 5.58. The van der Waals surface area contributed by atoms with Gasteiger partial charge in [-0.1, -0.05) is 32.0 Å². The van der Waals surface area contributed by atoms with Gasteiger partial charge in [-0.05, 0) is 30.9 Å². The van der Waals surface area contributed by atoms with E-state index >= 15 is 0 Å². The number of rotatable bonds is 5. The molecule has 2 aromatic rings. The zero-order valence-electron chi connectivity index (χ0n) is 12.1. The highest BCUT2D eigenvalue weighted by Crippen LogP contribution is 2.35. The number of nitrogens with zero attached hydrogens (tertiary/aromatic N) is 2. The summed E-state index contributed by atoms with van der Waals surface area (Å²) in [6, 6.07) is 11.1. The number of aromatic nitrogens is 1. The Morgan fingerprint density at radius 3 is 2.70 bits per heavy atom. The SMILES string of the molecule is CC(C)CN(c1nc2ccccc2cc1CCl)C1CC1. The van der Waals surface area contributed by atoms with Crippen molar-refractivity contribution in [2.24, 2.45) is 5.92 Å². The molecule has 3 heteroatoms. The lowest BCUT2D eigenvalue weighted by Crippen LogP contribution is -2.31. The quantitative estimate of drug-likeness (QED) is 0.748. The van der Waals surface area contributed by atoms with Crippen molar-refractivity contribution in [2.75, 3.05) is 11.4 Å². The molecule has 0 N–H and O–H groups in total. The molecular weight excluding hydrogens is 268 g/mol. The molecule has 106 valence electrons. The standard InChI is InChI=1S/C17H21ClN2/c1-12(2)11-20(15-7-8-15)17-14(10-18)9-13-5-3-4-6-16(13)19-17/h3-6,9,12,15H,7-8,10-11H2,1-2H3. The molecule has 1 aromatic carbocycles. The number of anilines is 1. The van der Waals surface area contributed by atoms with Crippen molar-refractivity contribution in [2.45, 2.75) is 38.6 Å². The first-order valence-electron chi connectivity index (χ1n) is 7.40. The second-order valence-corrected chi connectivity index (χ2v) is 6.34. The van der Waals surface area contributed by atoms with Gasteiger partial charge in [0, 0.05) is 23.5 Å². The van der Waals surface area contributed by atoms with Gasteiger partial charge in [-0.2, -0.15) is 0 Å². The third kappa shape index (κ3) is 2.76. The number of hydrogen-bond donors (Lipinski definition) is 0. The summed E-state index contributed by atoms with van der Waals surface area (Å²) in [5.41, 5.74) is 2.21. The van der Waals surface area contributed by atoms with Gasteiger partial charge in [0.2, 0.25) is 0 Å². The topological polar surface area (TPSA) is 16.1 Å². The van der Waals surface area contributed by atoms with Crippen LogP contribution >= 0.6 is 11.6 Å². The van der Waals surface area contributed by atoms with Crippen LogP contribution in [0.2, 0.25) is 0 Å². The van der Waals surface area contributed by atoms with Crippen LogP contribution in [0.3, 0.4) is 0 Å². The molecule has 1 aliphatic carbocycles. The summed E-state index contributed by atoms with van der Waals surface area (Å²) in [5.74, 6) is 2.25. The fraction of sp³-hybridized carbons (Fsp3) is 0.471. The van der Waals surface area contributed by atoms with Crippen molar-refractivity contribution in [3.8, 4) is 0 Å². The molecule has 0 aliphatic heterocycles. The van der Waals surface area contributed by atoms with E-state index < -0.39 is 0 Å². The minimum atomic E-state index is 0.522. The lowest BCUT2D eigenvalue weighted by molar-refractivity contribution is 0.602. The van der Waals surface area contributed by atoms with Crippen LogP contribution in [0.1, 0.15) is 32.3 Å². The molecule has 0 saturated heterocycles. The predicted molar refractivity (Wildman–Crippen MR) is 86.5 cm³/mol. The Morgan fingerprint density at radius 1 is 1.30 bits per heavy atom. The van der Waals surface area contributed by atoms with E-state index in [2.05, 4.69) is 43.0 Å². The zero-order valence-corrected chi connectivity index (χ0v) is 12.9. The van der Waals surface area contributed by atoms with Crippen molar-refractivity contribution in [1.82, 2.24) is 4.98 Å². The summed E-state index contributed by atoms with van der Waals surface area (Å²) in [4.78, 5) is 7.37. The summed E-state index contributed by atoms with van der Waals surface area (Å²) >= 11 is 6.17. The van der Waals surface area contributed by atoms with Crippen molar-refractivity contribution in [1.29, 1.82) is 0 Å². The Kier molecular flexibility index (Phi) is 3.84. The van der Waals surface area contributed by atoms with Crippen LogP contribution in [0.25, 0.3) is 10.9 Å². The fourth-order valence-corrected chi connectivity index (χ4v) is 2.88. The van der Waals surface area contributed by atoms with Crippen LogP contribution in [-0.4, -0.2) is 17.6 Å². The lowest BCUT2D eigenvalue weighted by atomic mass is 10.1. The van der Waals surface area contributed by atoms with Crippen LogP contribution < -0.4 is 4.90 Å². The molecule has 0 bridgehead atoms. The van der Waals surface area contributed by atoms with Gasteiger partial charge in [-0.25, -0.2) is 4.98 Å². The second-order valence-electron chi connectivity index (χ2n) is 6.07. The smallest absolute Gasteiger partial charge is 0.133 e. The van der Waals surface area contributed by atoms with Gasteiger partial charge in [0.15, 0.2) is 0 Å². The maximum atomic E-state index is 6.17. The van der Waals surface area contributed by atoms with E-state index in [0.717, 1.165) is 23.4 Å². The highest BCUT2D eigenvalue weighted by Gasteiger charge is 2.31. The van der Waals surface area contributed by atoms with Gasteiger partial charge in [0.25, 0.3) is 0 Å². The predicted octanol–water partition coefficient (Wildman–Crippen LogP) is 4.60. The van der Waals surface area contributed by atoms with Gasteiger partial charge < -0.3 is 4.90 Å². The van der Waals surface area contributed by atoms with E-state index in [4.69, 9.17) is 16.6 Å².